The first kappa shape index (κ1) is 13.5. The zero-order valence-electron chi connectivity index (χ0n) is 10.2. The smallest absolute Gasteiger partial charge is 0.255 e. The minimum Gasteiger partial charge on any atom is -0.352 e. The number of hydrogen-bond acceptors (Lipinski definition) is 1. The van der Waals surface area contributed by atoms with Crippen LogP contribution in [0.5, 0.6) is 0 Å². The number of halogens is 2. The molecule has 0 atom stereocenters. The molecular weight excluding hydrogens is 297 g/mol. The average molecular weight is 314 g/mol. The van der Waals surface area contributed by atoms with Crippen molar-refractivity contribution in [1.29, 1.82) is 0 Å². The van der Waals surface area contributed by atoms with Gasteiger partial charge in [-0.2, -0.15) is 0 Å². The Morgan fingerprint density at radius 2 is 2.06 bits per heavy atom. The van der Waals surface area contributed by atoms with Gasteiger partial charge < -0.3 is 5.32 Å². The van der Waals surface area contributed by atoms with Crippen molar-refractivity contribution in [3.8, 4) is 0 Å². The van der Waals surface area contributed by atoms with Gasteiger partial charge in [-0.05, 0) is 46.8 Å². The summed E-state index contributed by atoms with van der Waals surface area (Å²) in [6.45, 7) is 0.652. The van der Waals surface area contributed by atoms with E-state index in [0.29, 0.717) is 16.9 Å². The zero-order valence-corrected chi connectivity index (χ0v) is 11.8. The molecule has 0 aliphatic heterocycles. The Kier molecular flexibility index (Phi) is 4.75. The molecule has 2 nitrogen and oxygen atoms in total. The van der Waals surface area contributed by atoms with Crippen molar-refractivity contribution >= 4 is 21.8 Å². The van der Waals surface area contributed by atoms with Crippen LogP contribution in [0.25, 0.3) is 0 Å². The second-order valence-electron chi connectivity index (χ2n) is 4.81. The molecule has 0 radical (unpaired) electrons. The Morgan fingerprint density at radius 3 is 2.72 bits per heavy atom. The third-order valence-corrected chi connectivity index (χ3v) is 4.13. The van der Waals surface area contributed by atoms with E-state index in [2.05, 4.69) is 21.2 Å². The molecule has 1 aromatic rings. The molecule has 1 amide bonds. The van der Waals surface area contributed by atoms with Crippen LogP contribution in [-0.2, 0) is 0 Å². The number of carbonyl (C=O) groups is 1. The molecule has 0 spiro atoms. The highest BCUT2D eigenvalue weighted by atomic mass is 79.9. The first-order valence-electron chi connectivity index (χ1n) is 6.40. The van der Waals surface area contributed by atoms with Gasteiger partial charge in [0.15, 0.2) is 0 Å². The monoisotopic (exact) mass is 313 g/mol. The van der Waals surface area contributed by atoms with Crippen LogP contribution in [0.4, 0.5) is 4.39 Å². The van der Waals surface area contributed by atoms with Crippen LogP contribution >= 0.6 is 15.9 Å². The van der Waals surface area contributed by atoms with Crippen molar-refractivity contribution in [2.24, 2.45) is 5.92 Å². The third kappa shape index (κ3) is 3.31. The van der Waals surface area contributed by atoms with Crippen LogP contribution < -0.4 is 5.32 Å². The van der Waals surface area contributed by atoms with Gasteiger partial charge in [-0.1, -0.05) is 25.3 Å². The molecule has 1 N–H and O–H groups in total. The zero-order chi connectivity index (χ0) is 13.0. The SMILES string of the molecule is O=C(NCC1CCCCC1)c1c(F)cccc1Br. The Morgan fingerprint density at radius 1 is 1.33 bits per heavy atom. The number of benzene rings is 1. The van der Waals surface area contributed by atoms with E-state index in [1.807, 2.05) is 0 Å². The summed E-state index contributed by atoms with van der Waals surface area (Å²) in [6.07, 6.45) is 6.11. The van der Waals surface area contributed by atoms with Crippen LogP contribution in [0, 0.1) is 11.7 Å². The minimum atomic E-state index is -0.481. The molecule has 2 rings (SSSR count). The van der Waals surface area contributed by atoms with E-state index >= 15 is 0 Å². The van der Waals surface area contributed by atoms with Gasteiger partial charge in [-0.3, -0.25) is 4.79 Å². The molecule has 0 unspecified atom stereocenters. The molecule has 18 heavy (non-hydrogen) atoms. The van der Waals surface area contributed by atoms with E-state index in [1.165, 1.54) is 38.2 Å². The lowest BCUT2D eigenvalue weighted by Crippen LogP contribution is -2.31. The van der Waals surface area contributed by atoms with Crippen LogP contribution in [0.3, 0.4) is 0 Å². The molecule has 1 aliphatic carbocycles. The maximum atomic E-state index is 13.6. The van der Waals surface area contributed by atoms with Crippen molar-refractivity contribution in [1.82, 2.24) is 5.32 Å². The summed E-state index contributed by atoms with van der Waals surface area (Å²) in [5, 5.41) is 2.84. The molecular formula is C14H17BrFNO. The molecule has 1 aromatic carbocycles. The van der Waals surface area contributed by atoms with Crippen molar-refractivity contribution in [2.75, 3.05) is 6.54 Å². The molecule has 1 saturated carbocycles. The summed E-state index contributed by atoms with van der Waals surface area (Å²) >= 11 is 3.21. The molecule has 98 valence electrons. The van der Waals surface area contributed by atoms with E-state index in [4.69, 9.17) is 0 Å². The maximum Gasteiger partial charge on any atom is 0.255 e. The molecule has 0 heterocycles. The summed E-state index contributed by atoms with van der Waals surface area (Å²) in [7, 11) is 0. The molecule has 1 aliphatic rings. The van der Waals surface area contributed by atoms with Gasteiger partial charge in [0, 0.05) is 11.0 Å². The fourth-order valence-electron chi connectivity index (χ4n) is 2.43. The molecule has 0 saturated heterocycles. The summed E-state index contributed by atoms with van der Waals surface area (Å²) in [5.74, 6) is -0.260. The van der Waals surface area contributed by atoms with E-state index < -0.39 is 5.82 Å². The predicted molar refractivity (Wildman–Crippen MR) is 73.0 cm³/mol. The Labute approximate surface area is 115 Å². The number of carbonyl (C=O) groups excluding carboxylic acids is 1. The lowest BCUT2D eigenvalue weighted by Gasteiger charge is -2.21. The fraction of sp³-hybridized carbons (Fsp3) is 0.500. The lowest BCUT2D eigenvalue weighted by molar-refractivity contribution is 0.0938. The van der Waals surface area contributed by atoms with Gasteiger partial charge in [0.1, 0.15) is 5.82 Å². The lowest BCUT2D eigenvalue weighted by atomic mass is 9.89. The first-order valence-corrected chi connectivity index (χ1v) is 7.20. The van der Waals surface area contributed by atoms with Crippen LogP contribution in [0.1, 0.15) is 42.5 Å². The fourth-order valence-corrected chi connectivity index (χ4v) is 2.95. The highest BCUT2D eigenvalue weighted by Gasteiger charge is 2.18. The van der Waals surface area contributed by atoms with Crippen molar-refractivity contribution in [3.63, 3.8) is 0 Å². The van der Waals surface area contributed by atoms with Gasteiger partial charge >= 0.3 is 0 Å². The third-order valence-electron chi connectivity index (χ3n) is 3.47. The summed E-state index contributed by atoms with van der Waals surface area (Å²) in [4.78, 5) is 11.9. The average Bonchev–Trinajstić information content (AvgIpc) is 2.37. The number of nitrogens with one attached hydrogen (secondary N) is 1. The van der Waals surface area contributed by atoms with Crippen molar-refractivity contribution in [3.05, 3.63) is 34.1 Å². The molecule has 0 aromatic heterocycles. The van der Waals surface area contributed by atoms with Gasteiger partial charge in [0.25, 0.3) is 5.91 Å². The quantitative estimate of drug-likeness (QED) is 0.901. The molecule has 1 fully saturated rings. The van der Waals surface area contributed by atoms with E-state index in [-0.39, 0.29) is 11.5 Å². The highest BCUT2D eigenvalue weighted by Crippen LogP contribution is 2.23. The molecule has 0 bridgehead atoms. The maximum absolute atomic E-state index is 13.6. The largest absolute Gasteiger partial charge is 0.352 e. The van der Waals surface area contributed by atoms with Gasteiger partial charge in [0.05, 0.1) is 5.56 Å². The second kappa shape index (κ2) is 6.32. The Hall–Kier alpha value is -0.900. The topological polar surface area (TPSA) is 29.1 Å². The normalized spacial score (nSPS) is 16.6. The highest BCUT2D eigenvalue weighted by molar-refractivity contribution is 9.10. The first-order chi connectivity index (χ1) is 8.68. The summed E-state index contributed by atoms with van der Waals surface area (Å²) < 4.78 is 14.1. The number of hydrogen-bond donors (Lipinski definition) is 1. The summed E-state index contributed by atoms with van der Waals surface area (Å²) in [6, 6.07) is 4.57. The van der Waals surface area contributed by atoms with Crippen LogP contribution in [0.15, 0.2) is 22.7 Å². The van der Waals surface area contributed by atoms with Crippen molar-refractivity contribution in [2.45, 2.75) is 32.1 Å². The van der Waals surface area contributed by atoms with E-state index in [1.54, 1.807) is 12.1 Å². The number of rotatable bonds is 3. The van der Waals surface area contributed by atoms with E-state index in [9.17, 15) is 9.18 Å². The van der Waals surface area contributed by atoms with Gasteiger partial charge in [-0.25, -0.2) is 4.39 Å². The Balaban J connectivity index is 1.95. The van der Waals surface area contributed by atoms with E-state index in [0.717, 1.165) is 0 Å². The van der Waals surface area contributed by atoms with Gasteiger partial charge in [-0.15, -0.1) is 0 Å². The Bertz CT molecular complexity index is 410. The predicted octanol–water partition coefficient (Wildman–Crippen LogP) is 3.90. The standard InChI is InChI=1S/C14H17BrFNO/c15-11-7-4-8-12(16)13(11)14(18)17-9-10-5-2-1-3-6-10/h4,7-8,10H,1-3,5-6,9H2,(H,17,18). The van der Waals surface area contributed by atoms with Crippen molar-refractivity contribution < 1.29 is 9.18 Å². The second-order valence-corrected chi connectivity index (χ2v) is 5.67. The van der Waals surface area contributed by atoms with Gasteiger partial charge in [0.2, 0.25) is 0 Å². The van der Waals surface area contributed by atoms with Crippen LogP contribution in [0.2, 0.25) is 0 Å². The minimum absolute atomic E-state index is 0.105. The summed E-state index contributed by atoms with van der Waals surface area (Å²) in [5.41, 5.74) is 0.105. The molecule has 4 heteroatoms. The number of amides is 1. The van der Waals surface area contributed by atoms with Crippen LogP contribution in [-0.4, -0.2) is 12.5 Å².